The SMILES string of the molecule is CC(=O)NC1(C)CCN(N)C1. The summed E-state index contributed by atoms with van der Waals surface area (Å²) in [6.07, 6.45) is 0.934. The highest BCUT2D eigenvalue weighted by atomic mass is 16.1. The highest BCUT2D eigenvalue weighted by molar-refractivity contribution is 5.73. The summed E-state index contributed by atoms with van der Waals surface area (Å²) in [7, 11) is 0. The lowest BCUT2D eigenvalue weighted by Gasteiger charge is -2.24. The number of carbonyl (C=O) groups excluding carboxylic acids is 1. The van der Waals surface area contributed by atoms with Crippen LogP contribution in [-0.4, -0.2) is 29.5 Å². The number of carbonyl (C=O) groups is 1. The first kappa shape index (κ1) is 8.49. The number of rotatable bonds is 1. The van der Waals surface area contributed by atoms with E-state index in [0.29, 0.717) is 0 Å². The van der Waals surface area contributed by atoms with Crippen molar-refractivity contribution in [2.75, 3.05) is 13.1 Å². The predicted octanol–water partition coefficient (Wildman–Crippen LogP) is -0.539. The van der Waals surface area contributed by atoms with Gasteiger partial charge in [0, 0.05) is 20.0 Å². The molecule has 1 fully saturated rings. The van der Waals surface area contributed by atoms with Gasteiger partial charge in [-0.3, -0.25) is 10.6 Å². The van der Waals surface area contributed by atoms with Crippen LogP contribution in [0.15, 0.2) is 0 Å². The molecule has 1 unspecified atom stereocenters. The number of hydrogen-bond acceptors (Lipinski definition) is 3. The summed E-state index contributed by atoms with van der Waals surface area (Å²) < 4.78 is 0. The molecule has 11 heavy (non-hydrogen) atoms. The van der Waals surface area contributed by atoms with Crippen LogP contribution in [0.2, 0.25) is 0 Å². The van der Waals surface area contributed by atoms with Crippen LogP contribution in [0.3, 0.4) is 0 Å². The molecule has 4 heteroatoms. The molecule has 4 nitrogen and oxygen atoms in total. The quantitative estimate of drug-likeness (QED) is 0.503. The van der Waals surface area contributed by atoms with E-state index in [1.165, 1.54) is 6.92 Å². The first-order valence-electron chi connectivity index (χ1n) is 3.80. The molecule has 1 heterocycles. The third kappa shape index (κ3) is 2.17. The lowest BCUT2D eigenvalue weighted by molar-refractivity contribution is -0.120. The van der Waals surface area contributed by atoms with Gasteiger partial charge in [0.1, 0.15) is 0 Å². The largest absolute Gasteiger partial charge is 0.350 e. The van der Waals surface area contributed by atoms with Crippen LogP contribution in [0.25, 0.3) is 0 Å². The molecule has 3 N–H and O–H groups in total. The zero-order valence-corrected chi connectivity index (χ0v) is 7.05. The average molecular weight is 157 g/mol. The Morgan fingerprint density at radius 1 is 1.73 bits per heavy atom. The minimum atomic E-state index is -0.111. The Kier molecular flexibility index (Phi) is 2.15. The van der Waals surface area contributed by atoms with Crippen LogP contribution in [0.4, 0.5) is 0 Å². The van der Waals surface area contributed by atoms with Gasteiger partial charge in [-0.15, -0.1) is 0 Å². The van der Waals surface area contributed by atoms with E-state index in [-0.39, 0.29) is 11.4 Å². The fraction of sp³-hybridized carbons (Fsp3) is 0.857. The monoisotopic (exact) mass is 157 g/mol. The highest BCUT2D eigenvalue weighted by Crippen LogP contribution is 2.17. The molecule has 1 rings (SSSR count). The Morgan fingerprint density at radius 3 is 2.73 bits per heavy atom. The van der Waals surface area contributed by atoms with Crippen molar-refractivity contribution in [2.45, 2.75) is 25.8 Å². The van der Waals surface area contributed by atoms with Gasteiger partial charge in [0.2, 0.25) is 5.91 Å². The number of nitrogens with two attached hydrogens (primary N) is 1. The molecule has 0 radical (unpaired) electrons. The molecule has 1 amide bonds. The van der Waals surface area contributed by atoms with Gasteiger partial charge >= 0.3 is 0 Å². The second-order valence-electron chi connectivity index (χ2n) is 3.46. The lowest BCUT2D eigenvalue weighted by Crippen LogP contribution is -2.47. The molecule has 0 aromatic heterocycles. The third-order valence-corrected chi connectivity index (χ3v) is 1.98. The Morgan fingerprint density at radius 2 is 2.36 bits per heavy atom. The van der Waals surface area contributed by atoms with E-state index in [1.807, 2.05) is 6.92 Å². The maximum Gasteiger partial charge on any atom is 0.217 e. The molecule has 0 bridgehead atoms. The van der Waals surface area contributed by atoms with Gasteiger partial charge < -0.3 is 5.32 Å². The summed E-state index contributed by atoms with van der Waals surface area (Å²) in [5.74, 6) is 5.58. The number of nitrogens with one attached hydrogen (secondary N) is 1. The number of nitrogens with zero attached hydrogens (tertiary/aromatic N) is 1. The van der Waals surface area contributed by atoms with E-state index in [2.05, 4.69) is 5.32 Å². The van der Waals surface area contributed by atoms with Crippen molar-refractivity contribution in [1.82, 2.24) is 10.3 Å². The van der Waals surface area contributed by atoms with Gasteiger partial charge in [0.25, 0.3) is 0 Å². The molecule has 0 aromatic carbocycles. The van der Waals surface area contributed by atoms with Crippen molar-refractivity contribution in [1.29, 1.82) is 0 Å². The fourth-order valence-electron chi connectivity index (χ4n) is 1.52. The first-order chi connectivity index (χ1) is 5.02. The maximum atomic E-state index is 10.7. The maximum absolute atomic E-state index is 10.7. The molecular formula is C7H15N3O. The van der Waals surface area contributed by atoms with Gasteiger partial charge in [-0.05, 0) is 13.3 Å². The molecular weight excluding hydrogens is 142 g/mol. The minimum absolute atomic E-state index is 0.0165. The molecule has 1 atom stereocenters. The van der Waals surface area contributed by atoms with E-state index >= 15 is 0 Å². The predicted molar refractivity (Wildman–Crippen MR) is 42.6 cm³/mol. The van der Waals surface area contributed by atoms with Crippen molar-refractivity contribution in [3.8, 4) is 0 Å². The normalized spacial score (nSPS) is 32.3. The molecule has 64 valence electrons. The zero-order valence-electron chi connectivity index (χ0n) is 7.05. The summed E-state index contributed by atoms with van der Waals surface area (Å²) in [5.41, 5.74) is -0.111. The van der Waals surface area contributed by atoms with Crippen molar-refractivity contribution >= 4 is 5.91 Å². The molecule has 0 saturated carbocycles. The zero-order chi connectivity index (χ0) is 8.48. The van der Waals surface area contributed by atoms with E-state index < -0.39 is 0 Å². The Hall–Kier alpha value is -0.610. The van der Waals surface area contributed by atoms with Crippen LogP contribution in [-0.2, 0) is 4.79 Å². The van der Waals surface area contributed by atoms with Crippen LogP contribution in [0.5, 0.6) is 0 Å². The van der Waals surface area contributed by atoms with Gasteiger partial charge in [-0.1, -0.05) is 0 Å². The van der Waals surface area contributed by atoms with E-state index in [9.17, 15) is 4.79 Å². The Labute approximate surface area is 66.7 Å². The molecule has 0 spiro atoms. The standard InChI is InChI=1S/C7H15N3O/c1-6(11)9-7(2)3-4-10(8)5-7/h3-5,8H2,1-2H3,(H,9,11). The van der Waals surface area contributed by atoms with Gasteiger partial charge in [0.05, 0.1) is 5.54 Å². The number of hydrazine groups is 1. The summed E-state index contributed by atoms with van der Waals surface area (Å²) >= 11 is 0. The fourth-order valence-corrected chi connectivity index (χ4v) is 1.52. The van der Waals surface area contributed by atoms with Crippen LogP contribution in [0, 0.1) is 0 Å². The van der Waals surface area contributed by atoms with E-state index in [0.717, 1.165) is 19.5 Å². The second-order valence-corrected chi connectivity index (χ2v) is 3.46. The molecule has 1 saturated heterocycles. The molecule has 1 aliphatic rings. The lowest BCUT2D eigenvalue weighted by atomic mass is 10.0. The summed E-state index contributed by atoms with van der Waals surface area (Å²) in [5, 5.41) is 4.62. The second kappa shape index (κ2) is 2.79. The Bertz CT molecular complexity index is 171. The topological polar surface area (TPSA) is 58.4 Å². The summed E-state index contributed by atoms with van der Waals surface area (Å²) in [4.78, 5) is 10.7. The number of hydrogen-bond donors (Lipinski definition) is 2. The summed E-state index contributed by atoms with van der Waals surface area (Å²) in [6.45, 7) is 5.15. The summed E-state index contributed by atoms with van der Waals surface area (Å²) in [6, 6.07) is 0. The molecule has 0 aromatic rings. The van der Waals surface area contributed by atoms with E-state index in [1.54, 1.807) is 5.01 Å². The smallest absolute Gasteiger partial charge is 0.217 e. The van der Waals surface area contributed by atoms with Crippen molar-refractivity contribution in [2.24, 2.45) is 5.84 Å². The minimum Gasteiger partial charge on any atom is -0.350 e. The Balaban J connectivity index is 2.48. The van der Waals surface area contributed by atoms with Crippen LogP contribution >= 0.6 is 0 Å². The van der Waals surface area contributed by atoms with Crippen LogP contribution < -0.4 is 11.2 Å². The van der Waals surface area contributed by atoms with Crippen molar-refractivity contribution in [3.05, 3.63) is 0 Å². The third-order valence-electron chi connectivity index (χ3n) is 1.98. The van der Waals surface area contributed by atoms with Gasteiger partial charge in [-0.25, -0.2) is 5.01 Å². The molecule has 1 aliphatic heterocycles. The van der Waals surface area contributed by atoms with Crippen LogP contribution in [0.1, 0.15) is 20.3 Å². The average Bonchev–Trinajstić information content (AvgIpc) is 2.08. The first-order valence-corrected chi connectivity index (χ1v) is 3.80. The van der Waals surface area contributed by atoms with Gasteiger partial charge in [-0.2, -0.15) is 0 Å². The van der Waals surface area contributed by atoms with E-state index in [4.69, 9.17) is 5.84 Å². The molecule has 0 aliphatic carbocycles. The van der Waals surface area contributed by atoms with Crippen molar-refractivity contribution in [3.63, 3.8) is 0 Å². The van der Waals surface area contributed by atoms with Gasteiger partial charge in [0.15, 0.2) is 0 Å². The number of amides is 1. The van der Waals surface area contributed by atoms with Crippen molar-refractivity contribution < 1.29 is 4.79 Å². The highest BCUT2D eigenvalue weighted by Gasteiger charge is 2.32.